The smallest absolute Gasteiger partial charge is 0.0708 e. The van der Waals surface area contributed by atoms with E-state index in [4.69, 9.17) is 0 Å². The summed E-state index contributed by atoms with van der Waals surface area (Å²) in [5.74, 6) is 0. The minimum Gasteiger partial charge on any atom is -0.415 e. The van der Waals surface area contributed by atoms with Crippen LogP contribution >= 0.6 is 12.2 Å². The minimum absolute atomic E-state index is 0.0833. The summed E-state index contributed by atoms with van der Waals surface area (Å²) < 4.78 is 0.0833. The Labute approximate surface area is 74.3 Å². The predicted molar refractivity (Wildman–Crippen MR) is 45.1 cm³/mol. The van der Waals surface area contributed by atoms with E-state index in [9.17, 15) is 0 Å². The first-order chi connectivity index (χ1) is 4.15. The normalized spacial score (nSPS) is 7.33. The number of hydrogen-bond acceptors (Lipinski definition) is 2. The molecule has 0 aromatic carbocycles. The van der Waals surface area contributed by atoms with Gasteiger partial charge in [0.15, 0.2) is 0 Å². The van der Waals surface area contributed by atoms with Crippen LogP contribution in [0.15, 0.2) is 0 Å². The zero-order chi connectivity index (χ0) is 7.70. The SMILES string of the molecule is C[CH2][Fe+][CH2]C.NC(=S)[S-]. The monoisotopic (exact) mass is 206 g/mol. The molecule has 0 atom stereocenters. The van der Waals surface area contributed by atoms with E-state index in [2.05, 4.69) is 44.4 Å². The van der Waals surface area contributed by atoms with Gasteiger partial charge in [-0.3, -0.25) is 0 Å². The Morgan fingerprint density at radius 1 is 1.56 bits per heavy atom. The van der Waals surface area contributed by atoms with Gasteiger partial charge < -0.3 is 30.6 Å². The van der Waals surface area contributed by atoms with Gasteiger partial charge in [0.2, 0.25) is 0 Å². The molecule has 0 unspecified atom stereocenters. The maximum atomic E-state index is 4.66. The van der Waals surface area contributed by atoms with Crippen molar-refractivity contribution in [3.63, 3.8) is 0 Å². The number of nitrogens with two attached hydrogens (primary N) is 1. The molecule has 0 bridgehead atoms. The first-order valence-electron chi connectivity index (χ1n) is 2.61. The van der Waals surface area contributed by atoms with Crippen LogP contribution in [0.3, 0.4) is 0 Å². The maximum Gasteiger partial charge on any atom is -0.0708 e. The third-order valence-corrected chi connectivity index (χ3v) is 1.46. The van der Waals surface area contributed by atoms with Crippen LogP contribution in [0.4, 0.5) is 0 Å². The topological polar surface area (TPSA) is 26.0 Å². The number of hydrogen-bond donors (Lipinski definition) is 1. The fraction of sp³-hybridized carbons (Fsp3) is 0.800. The summed E-state index contributed by atoms with van der Waals surface area (Å²) in [5.41, 5.74) is 4.66. The van der Waals surface area contributed by atoms with Crippen molar-refractivity contribution in [1.82, 2.24) is 0 Å². The van der Waals surface area contributed by atoms with Crippen molar-refractivity contribution in [2.24, 2.45) is 5.73 Å². The molecular formula is C5H12FeNS2. The summed E-state index contributed by atoms with van der Waals surface area (Å²) in [6, 6.07) is 0. The van der Waals surface area contributed by atoms with Crippen molar-refractivity contribution < 1.29 is 15.0 Å². The van der Waals surface area contributed by atoms with Crippen LogP contribution in [0.1, 0.15) is 13.8 Å². The van der Waals surface area contributed by atoms with Gasteiger partial charge in [0, 0.05) is 0 Å². The van der Waals surface area contributed by atoms with E-state index < -0.39 is 0 Å². The Balaban J connectivity index is 0. The number of rotatable bonds is 2. The van der Waals surface area contributed by atoms with Crippen LogP contribution in [0.25, 0.3) is 0 Å². The molecule has 1 nitrogen and oxygen atoms in total. The molecule has 0 radical (unpaired) electrons. The fourth-order valence-electron chi connectivity index (χ4n) is 0.177. The second kappa shape index (κ2) is 11.4. The van der Waals surface area contributed by atoms with Gasteiger partial charge in [-0.2, -0.15) is 0 Å². The van der Waals surface area contributed by atoms with Crippen molar-refractivity contribution in [1.29, 1.82) is 0 Å². The standard InChI is InChI=1S/2C2H5.CH3NS2.Fe/c2*1-2;2-1(3)4;/h2*1H2,2H3;(H3,2,3,4);/q;;;+1/p-1. The van der Waals surface area contributed by atoms with Crippen molar-refractivity contribution in [3.05, 3.63) is 0 Å². The second-order valence-corrected chi connectivity index (χ2v) is 4.25. The largest absolute Gasteiger partial charge is 0.415 e. The summed E-state index contributed by atoms with van der Waals surface area (Å²) in [5, 5.41) is 2.69. The van der Waals surface area contributed by atoms with Gasteiger partial charge in [0.05, 0.1) is 0 Å². The van der Waals surface area contributed by atoms with E-state index in [0.29, 0.717) is 0 Å². The summed E-state index contributed by atoms with van der Waals surface area (Å²) in [4.78, 5) is 0. The van der Waals surface area contributed by atoms with Crippen LogP contribution < -0.4 is 5.73 Å². The molecule has 0 aliphatic rings. The van der Waals surface area contributed by atoms with E-state index in [0.717, 1.165) is 0 Å². The van der Waals surface area contributed by atoms with Gasteiger partial charge in [-0.1, -0.05) is 4.32 Å². The molecule has 57 valence electrons. The van der Waals surface area contributed by atoms with E-state index in [-0.39, 0.29) is 4.32 Å². The zero-order valence-electron chi connectivity index (χ0n) is 5.66. The Morgan fingerprint density at radius 2 is 1.78 bits per heavy atom. The van der Waals surface area contributed by atoms with Crippen molar-refractivity contribution in [2.75, 3.05) is 0 Å². The van der Waals surface area contributed by atoms with E-state index in [1.165, 1.54) is 25.6 Å². The van der Waals surface area contributed by atoms with Gasteiger partial charge in [0.1, 0.15) is 0 Å². The molecule has 9 heavy (non-hydrogen) atoms. The molecule has 0 aromatic heterocycles. The van der Waals surface area contributed by atoms with Gasteiger partial charge >= 0.3 is 39.4 Å². The van der Waals surface area contributed by atoms with Gasteiger partial charge in [0.25, 0.3) is 0 Å². The Kier molecular flexibility index (Phi) is 15.6. The molecule has 0 heterocycles. The summed E-state index contributed by atoms with van der Waals surface area (Å²) in [6.45, 7) is 4.42. The van der Waals surface area contributed by atoms with Crippen LogP contribution in [0, 0.1) is 0 Å². The summed E-state index contributed by atoms with van der Waals surface area (Å²) in [6.07, 6.45) is 0. The Hall–Kier alpha value is 0.629. The van der Waals surface area contributed by atoms with Crippen LogP contribution in [-0.2, 0) is 27.6 Å². The molecule has 0 aliphatic heterocycles. The molecule has 4 heteroatoms. The molecule has 0 amide bonds. The second-order valence-electron chi connectivity index (χ2n) is 0.996. The molecule has 0 spiro atoms. The number of thiocarbonyl (C=S) groups is 1. The molecule has 0 aliphatic carbocycles. The molecule has 0 saturated carbocycles. The average molecular weight is 206 g/mol. The van der Waals surface area contributed by atoms with Gasteiger partial charge in [-0.15, -0.1) is 0 Å². The summed E-state index contributed by atoms with van der Waals surface area (Å²) in [7, 11) is 0. The fourth-order valence-corrected chi connectivity index (χ4v) is 0.729. The molecule has 0 aromatic rings. The van der Waals surface area contributed by atoms with Crippen molar-refractivity contribution >= 4 is 29.2 Å². The van der Waals surface area contributed by atoms with Crippen molar-refractivity contribution in [2.45, 2.75) is 24.5 Å². The predicted octanol–water partition coefficient (Wildman–Crippen LogP) is 1.72. The molecule has 0 rings (SSSR count). The first-order valence-corrected chi connectivity index (χ1v) is 4.99. The molecule has 2 N–H and O–H groups in total. The Morgan fingerprint density at radius 3 is 1.78 bits per heavy atom. The maximum absolute atomic E-state index is 4.66. The third-order valence-electron chi connectivity index (χ3n) is 0.354. The first kappa shape index (κ1) is 12.3. The third kappa shape index (κ3) is 54.9. The van der Waals surface area contributed by atoms with Crippen molar-refractivity contribution in [3.8, 4) is 0 Å². The van der Waals surface area contributed by atoms with E-state index in [1.54, 1.807) is 0 Å². The van der Waals surface area contributed by atoms with Gasteiger partial charge in [-0.05, 0) is 0 Å². The molecular weight excluding hydrogens is 194 g/mol. The Bertz CT molecular complexity index is 62.0. The quantitative estimate of drug-likeness (QED) is 0.423. The van der Waals surface area contributed by atoms with Crippen LogP contribution in [0.2, 0.25) is 10.6 Å². The van der Waals surface area contributed by atoms with Gasteiger partial charge in [-0.25, -0.2) is 0 Å². The average Bonchev–Trinajstić information content (AvgIpc) is 1.66. The molecule has 0 fully saturated rings. The van der Waals surface area contributed by atoms with Crippen LogP contribution in [-0.4, -0.2) is 4.32 Å². The zero-order valence-corrected chi connectivity index (χ0v) is 8.40. The van der Waals surface area contributed by atoms with Crippen LogP contribution in [0.5, 0.6) is 0 Å². The molecule has 0 saturated heterocycles. The summed E-state index contributed by atoms with van der Waals surface area (Å²) >= 11 is 9.65. The van der Waals surface area contributed by atoms with E-state index >= 15 is 0 Å². The minimum atomic E-state index is 0.0833. The van der Waals surface area contributed by atoms with E-state index in [1.807, 2.05) is 0 Å².